The fourth-order valence-corrected chi connectivity index (χ4v) is 2.58. The van der Waals surface area contributed by atoms with E-state index < -0.39 is 5.82 Å². The van der Waals surface area contributed by atoms with Crippen molar-refractivity contribution in [3.8, 4) is 11.1 Å². The number of nitrogens with one attached hydrogen (secondary N) is 1. The molecule has 0 amide bonds. The van der Waals surface area contributed by atoms with Crippen LogP contribution in [0.1, 0.15) is 18.9 Å². The van der Waals surface area contributed by atoms with Crippen LogP contribution < -0.4 is 5.32 Å². The van der Waals surface area contributed by atoms with Crippen molar-refractivity contribution in [2.24, 2.45) is 0 Å². The lowest BCUT2D eigenvalue weighted by Crippen LogP contribution is -2.14. The summed E-state index contributed by atoms with van der Waals surface area (Å²) < 4.78 is 28.3. The molecule has 5 heteroatoms. The zero-order chi connectivity index (χ0) is 15.4. The zero-order valence-corrected chi connectivity index (χ0v) is 13.9. The van der Waals surface area contributed by atoms with E-state index in [1.807, 2.05) is 6.92 Å². The number of benzene rings is 2. The fourth-order valence-electron chi connectivity index (χ4n) is 2.11. The van der Waals surface area contributed by atoms with E-state index in [4.69, 9.17) is 11.6 Å². The standard InChI is InChI=1S/C16H15BrClF2N/c1-2-7-21-9-10-8-11(19)3-4-12(10)13-5-6-14(17)15(18)16(13)20/h3-6,8,21H,2,7,9H2,1H3. The van der Waals surface area contributed by atoms with Crippen molar-refractivity contribution in [2.45, 2.75) is 19.9 Å². The lowest BCUT2D eigenvalue weighted by Gasteiger charge is -2.13. The van der Waals surface area contributed by atoms with Gasteiger partial charge in [-0.15, -0.1) is 0 Å². The molecule has 0 bridgehead atoms. The van der Waals surface area contributed by atoms with Crippen LogP contribution in [0.15, 0.2) is 34.8 Å². The molecule has 0 spiro atoms. The molecule has 0 atom stereocenters. The molecular formula is C16H15BrClF2N. The van der Waals surface area contributed by atoms with Crippen LogP contribution >= 0.6 is 27.5 Å². The molecule has 0 heterocycles. The van der Waals surface area contributed by atoms with Crippen molar-refractivity contribution in [3.05, 3.63) is 57.0 Å². The minimum absolute atomic E-state index is 0.0318. The van der Waals surface area contributed by atoms with E-state index in [2.05, 4.69) is 21.2 Å². The Morgan fingerprint density at radius 3 is 2.57 bits per heavy atom. The van der Waals surface area contributed by atoms with E-state index in [0.29, 0.717) is 27.7 Å². The topological polar surface area (TPSA) is 12.0 Å². The predicted molar refractivity (Wildman–Crippen MR) is 86.5 cm³/mol. The summed E-state index contributed by atoms with van der Waals surface area (Å²) in [4.78, 5) is 0. The van der Waals surface area contributed by atoms with Gasteiger partial charge in [-0.1, -0.05) is 30.7 Å². The van der Waals surface area contributed by atoms with Gasteiger partial charge in [0.25, 0.3) is 0 Å². The SMILES string of the molecule is CCCNCc1cc(F)ccc1-c1ccc(Br)c(Cl)c1F. The quantitative estimate of drug-likeness (QED) is 0.534. The van der Waals surface area contributed by atoms with Gasteiger partial charge in [-0.3, -0.25) is 0 Å². The normalized spacial score (nSPS) is 10.9. The molecule has 2 aromatic rings. The minimum Gasteiger partial charge on any atom is -0.313 e. The van der Waals surface area contributed by atoms with Crippen LogP contribution in [0.4, 0.5) is 8.78 Å². The minimum atomic E-state index is -0.505. The second-order valence-electron chi connectivity index (χ2n) is 4.70. The largest absolute Gasteiger partial charge is 0.313 e. The molecule has 0 aromatic heterocycles. The lowest BCUT2D eigenvalue weighted by molar-refractivity contribution is 0.617. The molecule has 1 nitrogen and oxygen atoms in total. The average Bonchev–Trinajstić information content (AvgIpc) is 2.46. The van der Waals surface area contributed by atoms with Crippen LogP contribution in [-0.2, 0) is 6.54 Å². The first kappa shape index (κ1) is 16.4. The molecule has 0 saturated carbocycles. The summed E-state index contributed by atoms with van der Waals surface area (Å²) in [7, 11) is 0. The maximum Gasteiger partial charge on any atom is 0.150 e. The van der Waals surface area contributed by atoms with Gasteiger partial charge in [0.15, 0.2) is 5.82 Å². The predicted octanol–water partition coefficient (Wildman–Crippen LogP) is 5.55. The average molecular weight is 375 g/mol. The molecule has 112 valence electrons. The van der Waals surface area contributed by atoms with Gasteiger partial charge in [0.05, 0.1) is 5.02 Å². The maximum absolute atomic E-state index is 14.3. The Balaban J connectivity index is 2.46. The molecule has 1 N–H and O–H groups in total. The summed E-state index contributed by atoms with van der Waals surface area (Å²) in [5, 5.41) is 3.23. The molecule has 0 aliphatic rings. The van der Waals surface area contributed by atoms with E-state index in [1.165, 1.54) is 12.1 Å². The van der Waals surface area contributed by atoms with E-state index in [0.717, 1.165) is 13.0 Å². The van der Waals surface area contributed by atoms with E-state index >= 15 is 0 Å². The van der Waals surface area contributed by atoms with Gasteiger partial charge in [-0.25, -0.2) is 8.78 Å². The Bertz CT molecular complexity index is 646. The third-order valence-electron chi connectivity index (χ3n) is 3.13. The van der Waals surface area contributed by atoms with Crippen LogP contribution in [0, 0.1) is 11.6 Å². The second-order valence-corrected chi connectivity index (χ2v) is 5.93. The highest BCUT2D eigenvalue weighted by Crippen LogP contribution is 2.34. The highest BCUT2D eigenvalue weighted by molar-refractivity contribution is 9.10. The zero-order valence-electron chi connectivity index (χ0n) is 11.5. The van der Waals surface area contributed by atoms with Gasteiger partial charge in [-0.05, 0) is 58.2 Å². The molecule has 21 heavy (non-hydrogen) atoms. The first-order valence-electron chi connectivity index (χ1n) is 6.67. The number of rotatable bonds is 5. The second kappa shape index (κ2) is 7.34. The monoisotopic (exact) mass is 373 g/mol. The Morgan fingerprint density at radius 2 is 1.86 bits per heavy atom. The molecule has 0 radical (unpaired) electrons. The molecule has 0 saturated heterocycles. The first-order valence-corrected chi connectivity index (χ1v) is 7.84. The van der Waals surface area contributed by atoms with Crippen molar-refractivity contribution in [3.63, 3.8) is 0 Å². The number of halogens is 4. The van der Waals surface area contributed by atoms with Crippen LogP contribution in [0.3, 0.4) is 0 Å². The summed E-state index contributed by atoms with van der Waals surface area (Å²) in [6, 6.07) is 7.66. The summed E-state index contributed by atoms with van der Waals surface area (Å²) in [5.74, 6) is -0.843. The van der Waals surface area contributed by atoms with Gasteiger partial charge in [-0.2, -0.15) is 0 Å². The van der Waals surface area contributed by atoms with E-state index in [1.54, 1.807) is 18.2 Å². The van der Waals surface area contributed by atoms with Gasteiger partial charge < -0.3 is 5.32 Å². The Labute approximate surface area is 136 Å². The Morgan fingerprint density at radius 1 is 1.14 bits per heavy atom. The van der Waals surface area contributed by atoms with Gasteiger partial charge in [0, 0.05) is 16.6 Å². The summed E-state index contributed by atoms with van der Waals surface area (Å²) in [6.07, 6.45) is 0.975. The Hall–Kier alpha value is -0.970. The van der Waals surface area contributed by atoms with Crippen molar-refractivity contribution in [1.82, 2.24) is 5.32 Å². The summed E-state index contributed by atoms with van der Waals surface area (Å²) in [6.45, 7) is 3.35. The summed E-state index contributed by atoms with van der Waals surface area (Å²) in [5.41, 5.74) is 1.73. The van der Waals surface area contributed by atoms with E-state index in [9.17, 15) is 8.78 Å². The molecular weight excluding hydrogens is 360 g/mol. The molecule has 0 aliphatic heterocycles. The molecule has 0 aliphatic carbocycles. The van der Waals surface area contributed by atoms with Gasteiger partial charge in [0.2, 0.25) is 0 Å². The summed E-state index contributed by atoms with van der Waals surface area (Å²) >= 11 is 9.12. The van der Waals surface area contributed by atoms with Crippen LogP contribution in [0.25, 0.3) is 11.1 Å². The smallest absolute Gasteiger partial charge is 0.150 e. The third-order valence-corrected chi connectivity index (χ3v) is 4.39. The van der Waals surface area contributed by atoms with Crippen molar-refractivity contribution < 1.29 is 8.78 Å². The molecule has 2 rings (SSSR count). The highest BCUT2D eigenvalue weighted by atomic mass is 79.9. The van der Waals surface area contributed by atoms with E-state index in [-0.39, 0.29) is 10.8 Å². The van der Waals surface area contributed by atoms with Crippen molar-refractivity contribution in [1.29, 1.82) is 0 Å². The molecule has 0 unspecified atom stereocenters. The van der Waals surface area contributed by atoms with Crippen molar-refractivity contribution in [2.75, 3.05) is 6.54 Å². The van der Waals surface area contributed by atoms with Crippen LogP contribution in [-0.4, -0.2) is 6.54 Å². The number of hydrogen-bond acceptors (Lipinski definition) is 1. The number of hydrogen-bond donors (Lipinski definition) is 1. The molecule has 0 fully saturated rings. The lowest BCUT2D eigenvalue weighted by atomic mass is 9.99. The van der Waals surface area contributed by atoms with Gasteiger partial charge in [0.1, 0.15) is 5.82 Å². The molecule has 2 aromatic carbocycles. The van der Waals surface area contributed by atoms with Gasteiger partial charge >= 0.3 is 0 Å². The van der Waals surface area contributed by atoms with Crippen LogP contribution in [0.5, 0.6) is 0 Å². The maximum atomic E-state index is 14.3. The van der Waals surface area contributed by atoms with Crippen molar-refractivity contribution >= 4 is 27.5 Å². The fraction of sp³-hybridized carbons (Fsp3) is 0.250. The Kier molecular flexibility index (Phi) is 5.73. The third kappa shape index (κ3) is 3.82. The first-order chi connectivity index (χ1) is 10.0. The van der Waals surface area contributed by atoms with Crippen LogP contribution in [0.2, 0.25) is 5.02 Å². The highest BCUT2D eigenvalue weighted by Gasteiger charge is 2.15.